The Labute approximate surface area is 198 Å². The van der Waals surface area contributed by atoms with Gasteiger partial charge in [-0.1, -0.05) is 48.0 Å². The topological polar surface area (TPSA) is 47.0 Å². The van der Waals surface area contributed by atoms with Crippen LogP contribution in [-0.4, -0.2) is 16.2 Å². The Morgan fingerprint density at radius 1 is 0.875 bits per heavy atom. The highest BCUT2D eigenvalue weighted by atomic mass is 35.5. The Balaban J connectivity index is 1.37. The first-order valence-electron chi connectivity index (χ1n) is 10.3. The van der Waals surface area contributed by atoms with Crippen LogP contribution in [0.2, 0.25) is 5.02 Å². The molecule has 0 spiro atoms. The van der Waals surface area contributed by atoms with Crippen molar-refractivity contribution in [1.29, 1.82) is 0 Å². The molecule has 32 heavy (non-hydrogen) atoms. The van der Waals surface area contributed by atoms with Gasteiger partial charge in [-0.15, -0.1) is 11.8 Å². The van der Waals surface area contributed by atoms with Gasteiger partial charge in [-0.3, -0.25) is 0 Å². The fourth-order valence-corrected chi connectivity index (χ4v) is 3.81. The van der Waals surface area contributed by atoms with Gasteiger partial charge in [0.05, 0.1) is 18.9 Å². The van der Waals surface area contributed by atoms with Crippen LogP contribution in [0.5, 0.6) is 0 Å². The van der Waals surface area contributed by atoms with E-state index < -0.39 is 0 Å². The number of nitrogens with one attached hydrogen (secondary N) is 1. The molecule has 0 aliphatic heterocycles. The summed E-state index contributed by atoms with van der Waals surface area (Å²) in [6, 6.07) is 24.6. The Hall–Kier alpha value is -2.86. The number of hydrogen-bond acceptors (Lipinski definition) is 5. The number of halogens is 1. The van der Waals surface area contributed by atoms with Crippen molar-refractivity contribution in [2.24, 2.45) is 0 Å². The number of ether oxygens (including phenoxy) is 1. The molecular formula is C26H24ClN3OS. The Kier molecular flexibility index (Phi) is 7.77. The molecule has 0 amide bonds. The van der Waals surface area contributed by atoms with Gasteiger partial charge in [0.25, 0.3) is 0 Å². The van der Waals surface area contributed by atoms with E-state index in [0.29, 0.717) is 13.2 Å². The van der Waals surface area contributed by atoms with Crippen LogP contribution < -0.4 is 5.32 Å². The van der Waals surface area contributed by atoms with Gasteiger partial charge < -0.3 is 10.1 Å². The van der Waals surface area contributed by atoms with Crippen LogP contribution >= 0.6 is 23.4 Å². The third-order valence-corrected chi connectivity index (χ3v) is 6.06. The third kappa shape index (κ3) is 6.10. The summed E-state index contributed by atoms with van der Waals surface area (Å²) in [7, 11) is 0. The molecule has 1 aromatic heterocycles. The van der Waals surface area contributed by atoms with E-state index in [4.69, 9.17) is 16.3 Å². The lowest BCUT2D eigenvalue weighted by atomic mass is 10.1. The van der Waals surface area contributed by atoms with E-state index >= 15 is 0 Å². The number of nitrogens with zero attached hydrogens (tertiary/aromatic N) is 2. The first-order chi connectivity index (χ1) is 15.7. The monoisotopic (exact) mass is 461 g/mol. The SMILES string of the molecule is CSc1ccc(COCc2ncncc2-c2ccc(NCc3ccc(Cl)cc3)cc2)cc1. The maximum Gasteiger partial charge on any atom is 0.115 e. The minimum absolute atomic E-state index is 0.429. The molecule has 1 heterocycles. The number of rotatable bonds is 9. The van der Waals surface area contributed by atoms with Crippen molar-refractivity contribution in [3.8, 4) is 11.1 Å². The molecule has 4 aromatic rings. The van der Waals surface area contributed by atoms with Crippen LogP contribution in [0.15, 0.2) is 90.2 Å². The van der Waals surface area contributed by atoms with Gasteiger partial charge in [-0.2, -0.15) is 0 Å². The van der Waals surface area contributed by atoms with Crippen LogP contribution in [0.25, 0.3) is 11.1 Å². The highest BCUT2D eigenvalue weighted by Crippen LogP contribution is 2.24. The van der Waals surface area contributed by atoms with E-state index in [1.165, 1.54) is 10.5 Å². The quantitative estimate of drug-likeness (QED) is 0.276. The van der Waals surface area contributed by atoms with E-state index in [-0.39, 0.29) is 0 Å². The first kappa shape index (κ1) is 22.3. The predicted octanol–water partition coefficient (Wildman–Crippen LogP) is 6.85. The van der Waals surface area contributed by atoms with Crippen LogP contribution in [-0.2, 0) is 24.5 Å². The smallest absolute Gasteiger partial charge is 0.115 e. The second kappa shape index (κ2) is 11.1. The van der Waals surface area contributed by atoms with Gasteiger partial charge in [-0.25, -0.2) is 9.97 Å². The molecule has 6 heteroatoms. The highest BCUT2D eigenvalue weighted by molar-refractivity contribution is 7.98. The van der Waals surface area contributed by atoms with Gasteiger partial charge >= 0.3 is 0 Å². The highest BCUT2D eigenvalue weighted by Gasteiger charge is 2.08. The van der Waals surface area contributed by atoms with Gasteiger partial charge in [0.1, 0.15) is 6.33 Å². The Bertz CT molecular complexity index is 1130. The molecule has 3 aromatic carbocycles. The standard InChI is InChI=1S/C26H24ClN3OS/c1-32-24-12-4-20(5-13-24)16-31-17-26-25(15-28-18-30-26)21-6-10-23(11-7-21)29-14-19-2-8-22(27)9-3-19/h2-13,15,18,29H,14,16-17H2,1H3. The van der Waals surface area contributed by atoms with Crippen LogP contribution in [0.3, 0.4) is 0 Å². The number of anilines is 1. The molecule has 0 unspecified atom stereocenters. The molecule has 4 nitrogen and oxygen atoms in total. The molecule has 0 saturated heterocycles. The van der Waals surface area contributed by atoms with Gasteiger partial charge in [-0.05, 0) is 59.3 Å². The summed E-state index contributed by atoms with van der Waals surface area (Å²) in [6.07, 6.45) is 5.48. The summed E-state index contributed by atoms with van der Waals surface area (Å²) in [5.74, 6) is 0. The van der Waals surface area contributed by atoms with E-state index in [9.17, 15) is 0 Å². The molecule has 0 saturated carbocycles. The summed E-state index contributed by atoms with van der Waals surface area (Å²) in [5.41, 5.74) is 6.29. The second-order valence-electron chi connectivity index (χ2n) is 7.28. The predicted molar refractivity (Wildman–Crippen MR) is 133 cm³/mol. The van der Waals surface area contributed by atoms with Crippen molar-refractivity contribution in [2.45, 2.75) is 24.7 Å². The zero-order valence-corrected chi connectivity index (χ0v) is 19.4. The van der Waals surface area contributed by atoms with Crippen molar-refractivity contribution in [2.75, 3.05) is 11.6 Å². The zero-order valence-electron chi connectivity index (χ0n) is 17.8. The molecule has 0 aliphatic carbocycles. The van der Waals surface area contributed by atoms with E-state index in [0.717, 1.165) is 39.6 Å². The fraction of sp³-hybridized carbons (Fsp3) is 0.154. The summed E-state index contributed by atoms with van der Waals surface area (Å²) in [6.45, 7) is 1.71. The molecule has 0 bridgehead atoms. The maximum atomic E-state index is 5.95. The molecule has 0 radical (unpaired) electrons. The van der Waals surface area contributed by atoms with Crippen molar-refractivity contribution >= 4 is 29.1 Å². The molecule has 4 rings (SSSR count). The lowest BCUT2D eigenvalue weighted by Gasteiger charge is -2.11. The summed E-state index contributed by atoms with van der Waals surface area (Å²) in [5, 5.41) is 4.18. The average Bonchev–Trinajstić information content (AvgIpc) is 2.85. The molecule has 1 N–H and O–H groups in total. The third-order valence-electron chi connectivity index (χ3n) is 5.07. The largest absolute Gasteiger partial charge is 0.381 e. The van der Waals surface area contributed by atoms with E-state index in [1.54, 1.807) is 18.1 Å². The van der Waals surface area contributed by atoms with Gasteiger partial charge in [0.15, 0.2) is 0 Å². The number of thioether (sulfide) groups is 1. The van der Waals surface area contributed by atoms with E-state index in [2.05, 4.69) is 70.1 Å². The first-order valence-corrected chi connectivity index (χ1v) is 11.9. The number of aromatic nitrogens is 2. The zero-order chi connectivity index (χ0) is 22.2. The van der Waals surface area contributed by atoms with Crippen LogP contribution in [0.4, 0.5) is 5.69 Å². The van der Waals surface area contributed by atoms with Crippen molar-refractivity contribution in [1.82, 2.24) is 9.97 Å². The van der Waals surface area contributed by atoms with E-state index in [1.807, 2.05) is 30.5 Å². The molecule has 0 aliphatic rings. The average molecular weight is 462 g/mol. The summed E-state index contributed by atoms with van der Waals surface area (Å²) < 4.78 is 5.94. The minimum atomic E-state index is 0.429. The number of hydrogen-bond donors (Lipinski definition) is 1. The summed E-state index contributed by atoms with van der Waals surface area (Å²) >= 11 is 7.68. The second-order valence-corrected chi connectivity index (χ2v) is 8.60. The van der Waals surface area contributed by atoms with Crippen molar-refractivity contribution in [3.63, 3.8) is 0 Å². The van der Waals surface area contributed by atoms with Crippen LogP contribution in [0, 0.1) is 0 Å². The number of benzene rings is 3. The fourth-order valence-electron chi connectivity index (χ4n) is 3.27. The van der Waals surface area contributed by atoms with Crippen LogP contribution in [0.1, 0.15) is 16.8 Å². The normalized spacial score (nSPS) is 10.8. The summed E-state index contributed by atoms with van der Waals surface area (Å²) in [4.78, 5) is 9.92. The van der Waals surface area contributed by atoms with Crippen molar-refractivity contribution in [3.05, 3.63) is 107 Å². The molecule has 0 fully saturated rings. The molecule has 162 valence electrons. The van der Waals surface area contributed by atoms with Gasteiger partial charge in [0, 0.05) is 33.9 Å². The lowest BCUT2D eigenvalue weighted by Crippen LogP contribution is -2.01. The molecular weight excluding hydrogens is 438 g/mol. The lowest BCUT2D eigenvalue weighted by molar-refractivity contribution is 0.105. The minimum Gasteiger partial charge on any atom is -0.381 e. The Morgan fingerprint density at radius 2 is 1.59 bits per heavy atom. The van der Waals surface area contributed by atoms with Gasteiger partial charge in [0.2, 0.25) is 0 Å². The molecule has 0 atom stereocenters. The Morgan fingerprint density at radius 3 is 2.31 bits per heavy atom. The van der Waals surface area contributed by atoms with Crippen molar-refractivity contribution < 1.29 is 4.74 Å². The maximum absolute atomic E-state index is 5.95.